The summed E-state index contributed by atoms with van der Waals surface area (Å²) in [7, 11) is 0. The van der Waals surface area contributed by atoms with Gasteiger partial charge < -0.3 is 20.1 Å². The van der Waals surface area contributed by atoms with Gasteiger partial charge in [-0.05, 0) is 39.7 Å². The number of carboxylic acids is 3. The van der Waals surface area contributed by atoms with E-state index in [0.29, 0.717) is 6.42 Å². The summed E-state index contributed by atoms with van der Waals surface area (Å²) in [4.78, 5) is 35.2. The number of nitrogens with zero attached hydrogens (tertiary/aromatic N) is 1. The Hall–Kier alpha value is -1.89. The lowest BCUT2D eigenvalue weighted by molar-refractivity contribution is -0.923. The molecule has 0 bridgehead atoms. The number of quaternary nitrogens is 1. The monoisotopic (exact) mass is 567 g/mol. The largest absolute Gasteiger partial charge is 0.544 e. The Morgan fingerprint density at radius 1 is 0.575 bits per heavy atom. The zero-order valence-electron chi connectivity index (χ0n) is 26.2. The van der Waals surface area contributed by atoms with Gasteiger partial charge >= 0.3 is 11.9 Å². The maximum Gasteiger partial charge on any atom is 0.362 e. The smallest absolute Gasteiger partial charge is 0.362 e. The zero-order valence-corrected chi connectivity index (χ0v) is 26.2. The van der Waals surface area contributed by atoms with Crippen LogP contribution in [0.3, 0.4) is 0 Å². The van der Waals surface area contributed by atoms with E-state index in [2.05, 4.69) is 6.92 Å². The van der Waals surface area contributed by atoms with E-state index in [1.807, 2.05) is 0 Å². The molecule has 0 aliphatic rings. The lowest BCUT2D eigenvalue weighted by atomic mass is 10.0. The third-order valence-corrected chi connectivity index (χ3v) is 8.66. The van der Waals surface area contributed by atoms with Crippen LogP contribution in [0, 0.1) is 0 Å². The van der Waals surface area contributed by atoms with Gasteiger partial charge in [0.2, 0.25) is 0 Å². The topological polar surface area (TPSA) is 115 Å². The fourth-order valence-electron chi connectivity index (χ4n) is 5.73. The fraction of sp³-hybridized carbons (Fsp3) is 0.848. The van der Waals surface area contributed by atoms with E-state index < -0.39 is 40.5 Å². The molecule has 0 saturated heterocycles. The summed E-state index contributed by atoms with van der Waals surface area (Å²) < 4.78 is -0.716. The Morgan fingerprint density at radius 2 is 0.875 bits per heavy atom. The molecule has 0 saturated carbocycles. The standard InChI is InChI=1S/C33H61NO6/c1-5-6-7-8-9-10-11-12-13-14-15-16-17-18-19-20-21-22-23-24-25-26-27-34(28(2)31(35)36,29(3)32(37)38)30(4)33(39)40/h26-30H,5-25H2,1-4H3,(H2-,35,36,37,38,39,40)/b27-26+. The quantitative estimate of drug-likeness (QED) is 0.0742. The first-order valence-corrected chi connectivity index (χ1v) is 16.3. The highest BCUT2D eigenvalue weighted by atomic mass is 16.4. The number of aliphatic carboxylic acids is 3. The summed E-state index contributed by atoms with van der Waals surface area (Å²) in [5.74, 6) is -3.96. The Balaban J connectivity index is 4.03. The summed E-state index contributed by atoms with van der Waals surface area (Å²) in [5, 5.41) is 30.9. The second-order valence-corrected chi connectivity index (χ2v) is 11.8. The second kappa shape index (κ2) is 23.8. The van der Waals surface area contributed by atoms with Crippen LogP contribution in [0.15, 0.2) is 12.3 Å². The van der Waals surface area contributed by atoms with Gasteiger partial charge in [-0.1, -0.05) is 129 Å². The Kier molecular flexibility index (Phi) is 22.7. The van der Waals surface area contributed by atoms with Crippen LogP contribution in [-0.4, -0.2) is 50.7 Å². The summed E-state index contributed by atoms with van der Waals surface area (Å²) in [6.45, 7) is 6.29. The van der Waals surface area contributed by atoms with E-state index in [1.54, 1.807) is 6.08 Å². The van der Waals surface area contributed by atoms with Crippen LogP contribution in [0.2, 0.25) is 0 Å². The van der Waals surface area contributed by atoms with E-state index in [0.717, 1.165) is 19.3 Å². The van der Waals surface area contributed by atoms with Crippen molar-refractivity contribution in [1.29, 1.82) is 0 Å². The van der Waals surface area contributed by atoms with Gasteiger partial charge in [-0.2, -0.15) is 0 Å². The van der Waals surface area contributed by atoms with Crippen LogP contribution >= 0.6 is 0 Å². The molecule has 0 heterocycles. The van der Waals surface area contributed by atoms with Crippen LogP contribution in [0.4, 0.5) is 0 Å². The molecule has 0 rings (SSSR count). The maximum atomic E-state index is 11.8. The predicted octanol–water partition coefficient (Wildman–Crippen LogP) is 7.61. The molecule has 234 valence electrons. The van der Waals surface area contributed by atoms with Crippen LogP contribution in [-0.2, 0) is 14.4 Å². The van der Waals surface area contributed by atoms with Crippen molar-refractivity contribution in [3.8, 4) is 0 Å². The van der Waals surface area contributed by atoms with Gasteiger partial charge in [0.05, 0.1) is 12.2 Å². The van der Waals surface area contributed by atoms with Gasteiger partial charge in [-0.3, -0.25) is 4.48 Å². The molecule has 0 aliphatic carbocycles. The number of allylic oxidation sites excluding steroid dienone is 1. The normalized spacial score (nSPS) is 15.5. The molecule has 0 radical (unpaired) electrons. The van der Waals surface area contributed by atoms with Crippen molar-refractivity contribution < 1.29 is 34.2 Å². The number of unbranched alkanes of at least 4 members (excludes halogenated alkanes) is 20. The molecule has 0 spiro atoms. The number of carbonyl (C=O) groups is 3. The number of carbonyl (C=O) groups excluding carboxylic acids is 1. The Labute approximate surface area is 245 Å². The molecular weight excluding hydrogens is 506 g/mol. The first kappa shape index (κ1) is 38.1. The highest BCUT2D eigenvalue weighted by Gasteiger charge is 2.49. The number of carboxylic acid groups (broad SMARTS) is 3. The number of hydrogen-bond acceptors (Lipinski definition) is 4. The fourth-order valence-corrected chi connectivity index (χ4v) is 5.73. The van der Waals surface area contributed by atoms with Gasteiger partial charge in [0.15, 0.2) is 12.1 Å². The molecule has 7 heteroatoms. The first-order chi connectivity index (χ1) is 19.1. The summed E-state index contributed by atoms with van der Waals surface area (Å²) in [5.41, 5.74) is 0. The minimum atomic E-state index is -1.47. The van der Waals surface area contributed by atoms with Crippen molar-refractivity contribution in [2.75, 3.05) is 0 Å². The number of rotatable bonds is 28. The SMILES string of the molecule is CCCCCCCCCCCCCCCCCCCCCC/C=C/[N+](C(C)C(=O)[O-])(C(C)C(=O)O)C(C)C(=O)O. The van der Waals surface area contributed by atoms with Crippen molar-refractivity contribution in [3.63, 3.8) is 0 Å². The highest BCUT2D eigenvalue weighted by Crippen LogP contribution is 2.27. The lowest BCUT2D eigenvalue weighted by Gasteiger charge is -2.46. The molecule has 40 heavy (non-hydrogen) atoms. The van der Waals surface area contributed by atoms with E-state index in [-0.39, 0.29) is 0 Å². The maximum absolute atomic E-state index is 11.8. The average molecular weight is 568 g/mol. The van der Waals surface area contributed by atoms with E-state index in [4.69, 9.17) is 0 Å². The van der Waals surface area contributed by atoms with Crippen LogP contribution in [0.25, 0.3) is 0 Å². The average Bonchev–Trinajstić information content (AvgIpc) is 2.92. The summed E-state index contributed by atoms with van der Waals surface area (Å²) >= 11 is 0. The molecule has 2 N–H and O–H groups in total. The molecular formula is C33H61NO6. The van der Waals surface area contributed by atoms with Gasteiger partial charge in [0.25, 0.3) is 0 Å². The highest BCUT2D eigenvalue weighted by molar-refractivity contribution is 5.77. The number of hydrogen-bond donors (Lipinski definition) is 2. The van der Waals surface area contributed by atoms with E-state index in [9.17, 15) is 29.7 Å². The zero-order chi connectivity index (χ0) is 30.2. The van der Waals surface area contributed by atoms with E-state index >= 15 is 0 Å². The van der Waals surface area contributed by atoms with Crippen molar-refractivity contribution in [1.82, 2.24) is 0 Å². The Bertz CT molecular complexity index is 657. The molecule has 0 aliphatic heterocycles. The lowest BCUT2D eigenvalue weighted by Crippen LogP contribution is -2.68. The molecule has 7 nitrogen and oxygen atoms in total. The third kappa shape index (κ3) is 15.8. The molecule has 0 aromatic rings. The minimum Gasteiger partial charge on any atom is -0.544 e. The second-order valence-electron chi connectivity index (χ2n) is 11.8. The van der Waals surface area contributed by atoms with Crippen molar-refractivity contribution in [3.05, 3.63) is 12.3 Å². The van der Waals surface area contributed by atoms with Crippen LogP contribution < -0.4 is 5.11 Å². The molecule has 0 aromatic heterocycles. The molecule has 3 unspecified atom stereocenters. The molecule has 0 aromatic carbocycles. The molecule has 0 fully saturated rings. The van der Waals surface area contributed by atoms with Gasteiger partial charge in [-0.15, -0.1) is 0 Å². The van der Waals surface area contributed by atoms with Crippen LogP contribution in [0.5, 0.6) is 0 Å². The minimum absolute atomic E-state index is 0.650. The molecule has 0 amide bonds. The van der Waals surface area contributed by atoms with Gasteiger partial charge in [-0.25, -0.2) is 9.59 Å². The van der Waals surface area contributed by atoms with Gasteiger partial charge in [0.1, 0.15) is 6.04 Å². The van der Waals surface area contributed by atoms with Crippen LogP contribution in [0.1, 0.15) is 163 Å². The first-order valence-electron chi connectivity index (χ1n) is 16.3. The molecule has 3 atom stereocenters. The Morgan fingerprint density at radius 3 is 1.15 bits per heavy atom. The van der Waals surface area contributed by atoms with Crippen molar-refractivity contribution in [2.45, 2.75) is 181 Å². The summed E-state index contributed by atoms with van der Waals surface area (Å²) in [6, 6.07) is -3.81. The van der Waals surface area contributed by atoms with Gasteiger partial charge in [0, 0.05) is 0 Å². The summed E-state index contributed by atoms with van der Waals surface area (Å²) in [6.07, 6.45) is 30.1. The van der Waals surface area contributed by atoms with Crippen molar-refractivity contribution >= 4 is 17.9 Å². The predicted molar refractivity (Wildman–Crippen MR) is 161 cm³/mol. The van der Waals surface area contributed by atoms with E-state index in [1.165, 1.54) is 136 Å². The van der Waals surface area contributed by atoms with Crippen molar-refractivity contribution in [2.24, 2.45) is 0 Å². The third-order valence-electron chi connectivity index (χ3n) is 8.66.